The van der Waals surface area contributed by atoms with Crippen molar-refractivity contribution in [2.75, 3.05) is 0 Å². The summed E-state index contributed by atoms with van der Waals surface area (Å²) in [5, 5.41) is 15.9. The molecule has 0 aliphatic heterocycles. The Hall–Kier alpha value is -1.52. The second kappa shape index (κ2) is 11.0. The largest absolute Gasteiger partial charge is 0.264 e. The fraction of sp³-hybridized carbons (Fsp3) is 0. The third kappa shape index (κ3) is 5.35. The van der Waals surface area contributed by atoms with Gasteiger partial charge in [-0.3, -0.25) is 15.0 Å². The van der Waals surface area contributed by atoms with Crippen LogP contribution in [-0.2, 0) is 9.37 Å². The fourth-order valence-corrected chi connectivity index (χ4v) is 3.41. The zero-order valence-electron chi connectivity index (χ0n) is 15.0. The summed E-state index contributed by atoms with van der Waals surface area (Å²) in [6.45, 7) is 0. The van der Waals surface area contributed by atoms with E-state index in [1.165, 1.54) is 0 Å². The topological polar surface area (TPSA) is 77.4 Å². The zero-order valence-corrected chi connectivity index (χ0v) is 18.2. The second-order valence-corrected chi connectivity index (χ2v) is 6.54. The molecular weight excluding hydrogens is 526 g/mol. The molecule has 0 aliphatic carbocycles. The summed E-state index contributed by atoms with van der Waals surface area (Å²) >= 11 is 0.950. The Labute approximate surface area is 211 Å². The predicted octanol–water partition coefficient (Wildman–Crippen LogP) is 5.45. The quantitative estimate of drug-likeness (QED) is 0.141. The maximum absolute atomic E-state index is 8.04. The van der Waals surface area contributed by atoms with E-state index in [1.54, 1.807) is 24.8 Å². The second-order valence-electron chi connectivity index (χ2n) is 5.79. The molecule has 5 aromatic rings. The zero-order chi connectivity index (χ0) is 19.2. The molecule has 8 heteroatoms. The molecule has 0 spiro atoms. The molecule has 145 valence electrons. The first-order valence-electron chi connectivity index (χ1n) is 8.43. The van der Waals surface area contributed by atoms with Crippen LogP contribution in [0, 0.1) is 49.4 Å². The summed E-state index contributed by atoms with van der Waals surface area (Å²) in [6, 6.07) is 19.7. The third-order valence-electron chi connectivity index (χ3n) is 4.14. The van der Waals surface area contributed by atoms with Crippen LogP contribution in [0.3, 0.4) is 0 Å². The average Bonchev–Trinajstić information content (AvgIpc) is 2.78. The molecule has 1 N–H and O–H groups in total. The van der Waals surface area contributed by atoms with Crippen LogP contribution >= 0.6 is 12.0 Å². The van der Waals surface area contributed by atoms with Crippen molar-refractivity contribution in [2.45, 2.75) is 4.90 Å². The first-order valence-corrected chi connectivity index (χ1v) is 9.17. The van der Waals surface area contributed by atoms with Crippen molar-refractivity contribution in [1.29, 1.82) is 0 Å². The van der Waals surface area contributed by atoms with Gasteiger partial charge in [-0.25, -0.2) is 5.26 Å². The van der Waals surface area contributed by atoms with E-state index < -0.39 is 0 Å². The Morgan fingerprint density at radius 1 is 0.724 bits per heavy atom. The molecular formula is C21H15EuN3O3S. The van der Waals surface area contributed by atoms with Crippen LogP contribution in [0.25, 0.3) is 32.6 Å². The molecule has 2 aromatic carbocycles. The summed E-state index contributed by atoms with van der Waals surface area (Å²) < 4.78 is 4.38. The van der Waals surface area contributed by atoms with Gasteiger partial charge in [0.25, 0.3) is 0 Å². The fourth-order valence-electron chi connectivity index (χ4n) is 2.90. The van der Waals surface area contributed by atoms with Crippen LogP contribution in [0.15, 0.2) is 90.3 Å². The van der Waals surface area contributed by atoms with E-state index in [0.29, 0.717) is 0 Å². The van der Waals surface area contributed by atoms with Gasteiger partial charge in [-0.2, -0.15) is 0 Å². The van der Waals surface area contributed by atoms with Gasteiger partial charge in [0.1, 0.15) is 0 Å². The Morgan fingerprint density at radius 3 is 2.03 bits per heavy atom. The Kier molecular flexibility index (Phi) is 8.44. The van der Waals surface area contributed by atoms with E-state index in [2.05, 4.69) is 48.6 Å². The molecule has 3 aromatic heterocycles. The van der Waals surface area contributed by atoms with Crippen LogP contribution < -0.4 is 0 Å². The smallest absolute Gasteiger partial charge is 0.0964 e. The number of benzene rings is 2. The van der Waals surface area contributed by atoms with Crippen LogP contribution in [0.2, 0.25) is 0 Å². The van der Waals surface area contributed by atoms with Crippen molar-refractivity contribution in [3.8, 4) is 0 Å². The minimum Gasteiger partial charge on any atom is -0.264 e. The summed E-state index contributed by atoms with van der Waals surface area (Å²) in [6.07, 6.45) is 7.07. The molecule has 1 radical (unpaired) electrons. The number of rotatable bonds is 3. The van der Waals surface area contributed by atoms with Gasteiger partial charge in [-0.05, 0) is 24.3 Å². The first-order chi connectivity index (χ1) is 13.9. The minimum absolute atomic E-state index is 0. The maximum Gasteiger partial charge on any atom is 0.0964 e. The summed E-state index contributed by atoms with van der Waals surface area (Å²) in [5.41, 5.74) is 1.95. The molecule has 0 unspecified atom stereocenters. The van der Waals surface area contributed by atoms with E-state index in [4.69, 9.17) is 5.26 Å². The molecule has 0 saturated heterocycles. The van der Waals surface area contributed by atoms with Gasteiger partial charge in [0.15, 0.2) is 0 Å². The summed E-state index contributed by atoms with van der Waals surface area (Å²) in [7, 11) is 0. The molecule has 29 heavy (non-hydrogen) atoms. The minimum atomic E-state index is 0. The van der Waals surface area contributed by atoms with Gasteiger partial charge >= 0.3 is 0 Å². The van der Waals surface area contributed by atoms with Crippen LogP contribution in [0.5, 0.6) is 0 Å². The van der Waals surface area contributed by atoms with E-state index in [-0.39, 0.29) is 49.4 Å². The normalized spacial score (nSPS) is 10.4. The predicted molar refractivity (Wildman–Crippen MR) is 109 cm³/mol. The van der Waals surface area contributed by atoms with Crippen molar-refractivity contribution >= 4 is 44.6 Å². The van der Waals surface area contributed by atoms with Crippen molar-refractivity contribution in [3.05, 3.63) is 85.5 Å². The van der Waals surface area contributed by atoms with Gasteiger partial charge in [-0.15, -0.1) is 4.33 Å². The SMILES string of the molecule is OOOSc1cccc2cnccc12.[Eu].c1cnc2c(c1)ccc1cccnc12. The van der Waals surface area contributed by atoms with Crippen molar-refractivity contribution in [3.63, 3.8) is 0 Å². The van der Waals surface area contributed by atoms with Crippen LogP contribution in [0.4, 0.5) is 0 Å². The molecule has 0 fully saturated rings. The van der Waals surface area contributed by atoms with Gasteiger partial charge in [-0.1, -0.05) is 41.4 Å². The monoisotopic (exact) mass is 542 g/mol. The van der Waals surface area contributed by atoms with Gasteiger partial charge in [0, 0.05) is 101 Å². The van der Waals surface area contributed by atoms with E-state index >= 15 is 0 Å². The van der Waals surface area contributed by atoms with Crippen molar-refractivity contribution in [2.24, 2.45) is 0 Å². The van der Waals surface area contributed by atoms with Crippen molar-refractivity contribution < 1.29 is 64.0 Å². The average molecular weight is 541 g/mol. The maximum atomic E-state index is 8.04. The number of hydrogen-bond acceptors (Lipinski definition) is 7. The van der Waals surface area contributed by atoms with Gasteiger partial charge < -0.3 is 0 Å². The number of nitrogens with zero attached hydrogens (tertiary/aromatic N) is 3. The number of hydrogen-bond donors (Lipinski definition) is 1. The van der Waals surface area contributed by atoms with Gasteiger partial charge in [0.05, 0.1) is 23.1 Å². The number of aromatic nitrogens is 3. The Bertz CT molecular complexity index is 1180. The van der Waals surface area contributed by atoms with Gasteiger partial charge in [0.2, 0.25) is 0 Å². The molecule has 0 bridgehead atoms. The summed E-state index contributed by atoms with van der Waals surface area (Å²) in [5.74, 6) is 0. The standard InChI is InChI=1S/C12H8N2.C9H7NO3S.Eu/c1-3-9-5-6-10-4-2-8-14-12(10)11(9)13-7-1;11-12-13-14-9-3-1-2-7-6-10-5-4-8(7)9;/h1-8H;1-6,11H;. The molecule has 0 saturated carbocycles. The Morgan fingerprint density at radius 2 is 1.38 bits per heavy atom. The number of fused-ring (bicyclic) bond motifs is 4. The van der Waals surface area contributed by atoms with E-state index in [1.807, 2.05) is 36.4 Å². The van der Waals surface area contributed by atoms with Crippen LogP contribution in [-0.4, -0.2) is 20.2 Å². The molecule has 0 amide bonds. The molecule has 0 aliphatic rings. The third-order valence-corrected chi connectivity index (χ3v) is 4.80. The first kappa shape index (κ1) is 22.2. The summed E-state index contributed by atoms with van der Waals surface area (Å²) in [4.78, 5) is 13.6. The molecule has 5 rings (SSSR count). The molecule has 6 nitrogen and oxygen atoms in total. The number of pyridine rings is 3. The Balaban J connectivity index is 0.000000160. The van der Waals surface area contributed by atoms with E-state index in [9.17, 15) is 0 Å². The molecule has 3 heterocycles. The van der Waals surface area contributed by atoms with Crippen LogP contribution in [0.1, 0.15) is 0 Å². The van der Waals surface area contributed by atoms with E-state index in [0.717, 1.165) is 49.5 Å². The molecule has 0 atom stereocenters. The van der Waals surface area contributed by atoms with Crippen molar-refractivity contribution in [1.82, 2.24) is 15.0 Å².